The van der Waals surface area contributed by atoms with E-state index < -0.39 is 23.8 Å². The van der Waals surface area contributed by atoms with Crippen molar-refractivity contribution in [3.63, 3.8) is 0 Å². The molecule has 0 radical (unpaired) electrons. The van der Waals surface area contributed by atoms with Crippen LogP contribution in [-0.4, -0.2) is 23.4 Å². The SMILES string of the molecule is NCc1ccc(-c2cc(Cl)cc3c2O[C@@H](C(F)(F)F)C(C(=O)O)=C3)cc1. The number of hydrogen-bond acceptors (Lipinski definition) is 3. The first kappa shape index (κ1) is 18.3. The zero-order valence-corrected chi connectivity index (χ0v) is 13.9. The maximum absolute atomic E-state index is 13.3. The van der Waals surface area contributed by atoms with Crippen molar-refractivity contribution in [1.29, 1.82) is 0 Å². The molecule has 0 saturated heterocycles. The number of aliphatic carboxylic acids is 1. The fourth-order valence-corrected chi connectivity index (χ4v) is 2.96. The molecule has 0 spiro atoms. The Balaban J connectivity index is 2.18. The molecule has 0 fully saturated rings. The lowest BCUT2D eigenvalue weighted by Gasteiger charge is -2.28. The molecule has 0 bridgehead atoms. The number of fused-ring (bicyclic) bond motifs is 1. The maximum Gasteiger partial charge on any atom is 0.430 e. The van der Waals surface area contributed by atoms with Gasteiger partial charge in [-0.15, -0.1) is 0 Å². The fourth-order valence-electron chi connectivity index (χ4n) is 2.73. The van der Waals surface area contributed by atoms with Gasteiger partial charge in [0.25, 0.3) is 0 Å². The summed E-state index contributed by atoms with van der Waals surface area (Å²) in [7, 11) is 0. The maximum atomic E-state index is 13.3. The zero-order valence-electron chi connectivity index (χ0n) is 13.2. The fraction of sp³-hybridized carbons (Fsp3) is 0.167. The van der Waals surface area contributed by atoms with Crippen LogP contribution in [0.25, 0.3) is 17.2 Å². The second-order valence-corrected chi connectivity index (χ2v) is 6.15. The molecule has 1 atom stereocenters. The van der Waals surface area contributed by atoms with Crippen molar-refractivity contribution < 1.29 is 27.8 Å². The van der Waals surface area contributed by atoms with E-state index >= 15 is 0 Å². The number of carboxylic acid groups (broad SMARTS) is 1. The molecule has 0 aliphatic carbocycles. The smallest absolute Gasteiger partial charge is 0.430 e. The van der Waals surface area contributed by atoms with E-state index in [0.717, 1.165) is 11.6 Å². The minimum Gasteiger partial charge on any atom is -0.478 e. The standard InChI is InChI=1S/C18H13ClF3NO3/c19-12-5-11-6-14(17(24)25)16(18(20,21)22)26-15(11)13(7-12)10-3-1-9(8-23)2-4-10/h1-7,16H,8,23H2,(H,24,25)/t16-/m1/s1. The Morgan fingerprint density at radius 2 is 1.88 bits per heavy atom. The van der Waals surface area contributed by atoms with Crippen LogP contribution < -0.4 is 10.5 Å². The molecule has 136 valence electrons. The summed E-state index contributed by atoms with van der Waals surface area (Å²) in [6.45, 7) is 0.325. The van der Waals surface area contributed by atoms with Crippen molar-refractivity contribution in [3.05, 3.63) is 58.1 Å². The first-order valence-electron chi connectivity index (χ1n) is 7.52. The second-order valence-electron chi connectivity index (χ2n) is 5.72. The van der Waals surface area contributed by atoms with Gasteiger partial charge in [-0.25, -0.2) is 4.79 Å². The van der Waals surface area contributed by atoms with Crippen molar-refractivity contribution in [2.45, 2.75) is 18.8 Å². The molecule has 0 saturated carbocycles. The molecule has 3 rings (SSSR count). The third-order valence-corrected chi connectivity index (χ3v) is 4.17. The van der Waals surface area contributed by atoms with E-state index in [0.29, 0.717) is 17.7 Å². The summed E-state index contributed by atoms with van der Waals surface area (Å²) < 4.78 is 45.0. The Labute approximate surface area is 151 Å². The lowest BCUT2D eigenvalue weighted by molar-refractivity contribution is -0.187. The number of carboxylic acids is 1. The van der Waals surface area contributed by atoms with Gasteiger partial charge in [0.2, 0.25) is 6.10 Å². The molecule has 0 aromatic heterocycles. The lowest BCUT2D eigenvalue weighted by atomic mass is 9.95. The highest BCUT2D eigenvalue weighted by atomic mass is 35.5. The predicted octanol–water partition coefficient (Wildman–Crippen LogP) is 4.26. The topological polar surface area (TPSA) is 72.5 Å². The molecule has 8 heteroatoms. The number of benzene rings is 2. The minimum absolute atomic E-state index is 0.0674. The van der Waals surface area contributed by atoms with Crippen LogP contribution in [0.1, 0.15) is 11.1 Å². The Morgan fingerprint density at radius 1 is 1.23 bits per heavy atom. The van der Waals surface area contributed by atoms with E-state index in [-0.39, 0.29) is 16.3 Å². The van der Waals surface area contributed by atoms with Gasteiger partial charge in [-0.2, -0.15) is 13.2 Å². The number of carbonyl (C=O) groups is 1. The summed E-state index contributed by atoms with van der Waals surface area (Å²) >= 11 is 6.07. The van der Waals surface area contributed by atoms with E-state index in [9.17, 15) is 18.0 Å². The van der Waals surface area contributed by atoms with Crippen LogP contribution in [0.5, 0.6) is 5.75 Å². The van der Waals surface area contributed by atoms with Gasteiger partial charge in [0.1, 0.15) is 5.75 Å². The summed E-state index contributed by atoms with van der Waals surface area (Å²) in [6.07, 6.45) is -6.48. The van der Waals surface area contributed by atoms with E-state index in [1.807, 2.05) is 0 Å². The highest BCUT2D eigenvalue weighted by Crippen LogP contribution is 2.44. The number of hydrogen-bond donors (Lipinski definition) is 2. The lowest BCUT2D eigenvalue weighted by Crippen LogP contribution is -2.40. The summed E-state index contributed by atoms with van der Waals surface area (Å²) in [4.78, 5) is 11.2. The number of ether oxygens (including phenoxy) is 1. The summed E-state index contributed by atoms with van der Waals surface area (Å²) in [5.41, 5.74) is 6.60. The van der Waals surface area contributed by atoms with Crippen molar-refractivity contribution in [1.82, 2.24) is 0 Å². The first-order valence-corrected chi connectivity index (χ1v) is 7.89. The highest BCUT2D eigenvalue weighted by Gasteiger charge is 2.48. The Kier molecular flexibility index (Phi) is 4.68. The zero-order chi connectivity index (χ0) is 19.1. The van der Waals surface area contributed by atoms with Gasteiger partial charge >= 0.3 is 12.1 Å². The molecule has 1 heterocycles. The average molecular weight is 384 g/mol. The van der Waals surface area contributed by atoms with Gasteiger partial charge in [0.15, 0.2) is 0 Å². The molecule has 26 heavy (non-hydrogen) atoms. The van der Waals surface area contributed by atoms with Crippen LogP contribution in [0.2, 0.25) is 5.02 Å². The van der Waals surface area contributed by atoms with Gasteiger partial charge in [0, 0.05) is 22.7 Å². The number of nitrogens with two attached hydrogens (primary N) is 1. The average Bonchev–Trinajstić information content (AvgIpc) is 2.59. The van der Waals surface area contributed by atoms with Crippen LogP contribution >= 0.6 is 11.6 Å². The quantitative estimate of drug-likeness (QED) is 0.830. The number of alkyl halides is 3. The minimum atomic E-state index is -4.87. The Bertz CT molecular complexity index is 892. The van der Waals surface area contributed by atoms with E-state index in [1.54, 1.807) is 24.3 Å². The van der Waals surface area contributed by atoms with Crippen LogP contribution in [-0.2, 0) is 11.3 Å². The number of rotatable bonds is 3. The number of halogens is 4. The molecule has 1 aliphatic heterocycles. The normalized spacial score (nSPS) is 16.5. The third-order valence-electron chi connectivity index (χ3n) is 3.96. The summed E-state index contributed by atoms with van der Waals surface area (Å²) in [5, 5.41) is 9.36. The van der Waals surface area contributed by atoms with Crippen LogP contribution in [0, 0.1) is 0 Å². The molecule has 2 aromatic rings. The van der Waals surface area contributed by atoms with Crippen LogP contribution in [0.15, 0.2) is 42.0 Å². The van der Waals surface area contributed by atoms with E-state index in [1.165, 1.54) is 12.1 Å². The molecule has 2 aromatic carbocycles. The highest BCUT2D eigenvalue weighted by molar-refractivity contribution is 6.31. The van der Waals surface area contributed by atoms with Gasteiger partial charge in [-0.05, 0) is 29.3 Å². The van der Waals surface area contributed by atoms with Crippen LogP contribution in [0.3, 0.4) is 0 Å². The molecular weight excluding hydrogens is 371 g/mol. The summed E-state index contributed by atoms with van der Waals surface area (Å²) in [6, 6.07) is 9.71. The Hall–Kier alpha value is -2.51. The van der Waals surface area contributed by atoms with Gasteiger partial charge in [0.05, 0.1) is 5.57 Å². The monoisotopic (exact) mass is 383 g/mol. The van der Waals surface area contributed by atoms with Crippen molar-refractivity contribution in [2.75, 3.05) is 0 Å². The van der Waals surface area contributed by atoms with E-state index in [4.69, 9.17) is 27.2 Å². The Morgan fingerprint density at radius 3 is 2.42 bits per heavy atom. The molecule has 3 N–H and O–H groups in total. The van der Waals surface area contributed by atoms with Gasteiger partial charge < -0.3 is 15.6 Å². The van der Waals surface area contributed by atoms with E-state index in [2.05, 4.69) is 0 Å². The van der Waals surface area contributed by atoms with Crippen molar-refractivity contribution in [2.24, 2.45) is 5.73 Å². The van der Waals surface area contributed by atoms with Gasteiger partial charge in [-0.1, -0.05) is 35.9 Å². The summed E-state index contributed by atoms with van der Waals surface area (Å²) in [5.74, 6) is -1.77. The molecule has 0 amide bonds. The second kappa shape index (κ2) is 6.66. The molecule has 4 nitrogen and oxygen atoms in total. The molecular formula is C18H13ClF3NO3. The third kappa shape index (κ3) is 3.40. The molecule has 0 unspecified atom stereocenters. The largest absolute Gasteiger partial charge is 0.478 e. The van der Waals surface area contributed by atoms with Crippen LogP contribution in [0.4, 0.5) is 13.2 Å². The molecule has 1 aliphatic rings. The first-order chi connectivity index (χ1) is 12.2. The van der Waals surface area contributed by atoms with Crippen molar-refractivity contribution >= 4 is 23.6 Å². The van der Waals surface area contributed by atoms with Crippen molar-refractivity contribution in [3.8, 4) is 16.9 Å². The van der Waals surface area contributed by atoms with Gasteiger partial charge in [-0.3, -0.25) is 0 Å². The predicted molar refractivity (Wildman–Crippen MR) is 90.9 cm³/mol.